The summed E-state index contributed by atoms with van der Waals surface area (Å²) in [7, 11) is -1.97. The Morgan fingerprint density at radius 3 is 2.28 bits per heavy atom. The average Bonchev–Trinajstić information content (AvgIpc) is 3.25. The Morgan fingerprint density at radius 1 is 1.03 bits per heavy atom. The summed E-state index contributed by atoms with van der Waals surface area (Å²) in [5.41, 5.74) is 3.59. The first-order valence-corrected chi connectivity index (χ1v) is 13.1. The van der Waals surface area contributed by atoms with Crippen molar-refractivity contribution in [3.63, 3.8) is 0 Å². The fourth-order valence-electron chi connectivity index (χ4n) is 4.01. The number of aryl methyl sites for hydroxylation is 1. The molecule has 1 aliphatic heterocycles. The zero-order chi connectivity index (χ0) is 22.9. The highest BCUT2D eigenvalue weighted by atomic mass is 32.2. The van der Waals surface area contributed by atoms with Crippen LogP contribution in [0.3, 0.4) is 0 Å². The van der Waals surface area contributed by atoms with Crippen molar-refractivity contribution in [3.05, 3.63) is 58.4 Å². The Morgan fingerprint density at radius 2 is 1.72 bits per heavy atom. The molecule has 0 unspecified atom stereocenters. The number of thiazole rings is 1. The molecule has 1 aliphatic rings. The smallest absolute Gasteiger partial charge is 0.243 e. The first-order valence-electron chi connectivity index (χ1n) is 10.7. The molecule has 4 rings (SSSR count). The van der Waals surface area contributed by atoms with Gasteiger partial charge in [-0.2, -0.15) is 4.31 Å². The summed E-state index contributed by atoms with van der Waals surface area (Å²) in [6, 6.07) is 13.6. The summed E-state index contributed by atoms with van der Waals surface area (Å²) in [5.74, 6) is 0.915. The van der Waals surface area contributed by atoms with Gasteiger partial charge in [-0.3, -0.25) is 0 Å². The summed E-state index contributed by atoms with van der Waals surface area (Å²) in [6.45, 7) is 8.21. The summed E-state index contributed by atoms with van der Waals surface area (Å²) in [5, 5.41) is 2.94. The van der Waals surface area contributed by atoms with E-state index in [1.165, 1.54) is 0 Å². The molecule has 8 heteroatoms. The van der Waals surface area contributed by atoms with Crippen molar-refractivity contribution in [1.29, 1.82) is 0 Å². The van der Waals surface area contributed by atoms with Crippen molar-refractivity contribution in [1.82, 2.24) is 9.29 Å². The molecule has 6 nitrogen and oxygen atoms in total. The van der Waals surface area contributed by atoms with Crippen LogP contribution in [0.15, 0.2) is 52.7 Å². The van der Waals surface area contributed by atoms with Gasteiger partial charge in [-0.15, -0.1) is 11.3 Å². The van der Waals surface area contributed by atoms with Gasteiger partial charge in [-0.05, 0) is 48.7 Å². The standard InChI is InChI=1S/C24H29N3O3S2/c1-17(2)22-10-5-19(23-16-31-18(3)25-23)15-24(22)32(28,29)27-13-11-26(12-14-27)20-6-8-21(30-4)9-7-20/h5-10,15-17H,11-14H2,1-4H3. The van der Waals surface area contributed by atoms with E-state index in [0.717, 1.165) is 33.3 Å². The van der Waals surface area contributed by atoms with E-state index in [2.05, 4.69) is 9.88 Å². The van der Waals surface area contributed by atoms with Gasteiger partial charge in [0, 0.05) is 42.8 Å². The van der Waals surface area contributed by atoms with Crippen LogP contribution in [0.5, 0.6) is 5.75 Å². The molecule has 0 aliphatic carbocycles. The highest BCUT2D eigenvalue weighted by molar-refractivity contribution is 7.89. The van der Waals surface area contributed by atoms with Gasteiger partial charge in [0.05, 0.1) is 22.7 Å². The highest BCUT2D eigenvalue weighted by Crippen LogP contribution is 2.32. The van der Waals surface area contributed by atoms with Gasteiger partial charge in [0.15, 0.2) is 0 Å². The third kappa shape index (κ3) is 4.53. The van der Waals surface area contributed by atoms with Gasteiger partial charge >= 0.3 is 0 Å². The molecule has 0 bridgehead atoms. The molecule has 1 aromatic heterocycles. The van der Waals surface area contributed by atoms with Gasteiger partial charge in [0.25, 0.3) is 0 Å². The average molecular weight is 472 g/mol. The van der Waals surface area contributed by atoms with Crippen molar-refractivity contribution in [2.24, 2.45) is 0 Å². The number of aromatic nitrogens is 1. The minimum absolute atomic E-state index is 0.103. The largest absolute Gasteiger partial charge is 0.497 e. The maximum Gasteiger partial charge on any atom is 0.243 e. The lowest BCUT2D eigenvalue weighted by Gasteiger charge is -2.36. The molecule has 3 aromatic rings. The van der Waals surface area contributed by atoms with Crippen molar-refractivity contribution < 1.29 is 13.2 Å². The van der Waals surface area contributed by atoms with Gasteiger partial charge < -0.3 is 9.64 Å². The zero-order valence-corrected chi connectivity index (χ0v) is 20.5. The molecule has 0 radical (unpaired) electrons. The van der Waals surface area contributed by atoms with Crippen LogP contribution in [0.25, 0.3) is 11.3 Å². The molecule has 1 saturated heterocycles. The Kier molecular flexibility index (Phi) is 6.55. The molecule has 0 amide bonds. The fraction of sp³-hybridized carbons (Fsp3) is 0.375. The molecule has 0 spiro atoms. The summed E-state index contributed by atoms with van der Waals surface area (Å²) < 4.78 is 34.2. The number of hydrogen-bond donors (Lipinski definition) is 0. The fourth-order valence-corrected chi connectivity index (χ4v) is 6.43. The third-order valence-corrected chi connectivity index (χ3v) is 8.57. The number of piperazine rings is 1. The van der Waals surface area contributed by atoms with Crippen LogP contribution in [-0.4, -0.2) is 51.0 Å². The molecule has 0 atom stereocenters. The maximum absolute atomic E-state index is 13.7. The number of anilines is 1. The van der Waals surface area contributed by atoms with Crippen LogP contribution in [0.2, 0.25) is 0 Å². The molecular weight excluding hydrogens is 442 g/mol. The van der Waals surface area contributed by atoms with Crippen LogP contribution < -0.4 is 9.64 Å². The van der Waals surface area contributed by atoms with Crippen molar-refractivity contribution in [3.8, 4) is 17.0 Å². The Balaban J connectivity index is 1.58. The topological polar surface area (TPSA) is 62.7 Å². The second-order valence-corrected chi connectivity index (χ2v) is 11.2. The number of sulfonamides is 1. The van der Waals surface area contributed by atoms with E-state index >= 15 is 0 Å². The Bertz CT molecular complexity index is 1180. The van der Waals surface area contributed by atoms with Crippen LogP contribution in [0, 0.1) is 6.92 Å². The van der Waals surface area contributed by atoms with E-state index in [4.69, 9.17) is 4.74 Å². The highest BCUT2D eigenvalue weighted by Gasteiger charge is 2.31. The number of nitrogens with zero attached hydrogens (tertiary/aromatic N) is 3. The van der Waals surface area contributed by atoms with E-state index in [9.17, 15) is 8.42 Å². The number of ether oxygens (including phenoxy) is 1. The van der Waals surface area contributed by atoms with Gasteiger partial charge in [0.1, 0.15) is 5.75 Å². The lowest BCUT2D eigenvalue weighted by Crippen LogP contribution is -2.48. The molecular formula is C24H29N3O3S2. The predicted octanol–water partition coefficient (Wildman–Crippen LogP) is 4.76. The first-order chi connectivity index (χ1) is 15.3. The Hall–Kier alpha value is -2.42. The van der Waals surface area contributed by atoms with E-state index < -0.39 is 10.0 Å². The lowest BCUT2D eigenvalue weighted by atomic mass is 10.0. The molecule has 32 heavy (non-hydrogen) atoms. The van der Waals surface area contributed by atoms with E-state index in [0.29, 0.717) is 31.1 Å². The van der Waals surface area contributed by atoms with Crippen LogP contribution in [-0.2, 0) is 10.0 Å². The minimum atomic E-state index is -3.62. The zero-order valence-electron chi connectivity index (χ0n) is 18.9. The number of benzene rings is 2. The molecule has 1 fully saturated rings. The SMILES string of the molecule is COc1ccc(N2CCN(S(=O)(=O)c3cc(-c4csc(C)n4)ccc3C(C)C)CC2)cc1. The van der Waals surface area contributed by atoms with Crippen LogP contribution in [0.4, 0.5) is 5.69 Å². The van der Waals surface area contributed by atoms with Gasteiger partial charge in [-0.1, -0.05) is 26.0 Å². The van der Waals surface area contributed by atoms with Crippen LogP contribution in [0.1, 0.15) is 30.3 Å². The van der Waals surface area contributed by atoms with Crippen molar-refractivity contribution in [2.75, 3.05) is 38.2 Å². The van der Waals surface area contributed by atoms with Gasteiger partial charge in [0.2, 0.25) is 10.0 Å². The molecule has 0 N–H and O–H groups in total. The van der Waals surface area contributed by atoms with Crippen molar-refractivity contribution >= 4 is 27.0 Å². The summed E-state index contributed by atoms with van der Waals surface area (Å²) in [6.07, 6.45) is 0. The second kappa shape index (κ2) is 9.21. The molecule has 2 aromatic carbocycles. The number of hydrogen-bond acceptors (Lipinski definition) is 6. The quantitative estimate of drug-likeness (QED) is 0.519. The second-order valence-electron chi connectivity index (χ2n) is 8.25. The maximum atomic E-state index is 13.7. The lowest BCUT2D eigenvalue weighted by molar-refractivity contribution is 0.384. The van der Waals surface area contributed by atoms with Crippen LogP contribution >= 0.6 is 11.3 Å². The van der Waals surface area contributed by atoms with Crippen molar-refractivity contribution in [2.45, 2.75) is 31.6 Å². The normalized spacial score (nSPS) is 15.3. The van der Waals surface area contributed by atoms with E-state index in [1.807, 2.05) is 62.5 Å². The Labute approximate surface area is 194 Å². The number of rotatable bonds is 6. The molecule has 2 heterocycles. The predicted molar refractivity (Wildman–Crippen MR) is 130 cm³/mol. The summed E-state index contributed by atoms with van der Waals surface area (Å²) in [4.78, 5) is 7.15. The third-order valence-electron chi connectivity index (χ3n) is 5.84. The van der Waals surface area contributed by atoms with Gasteiger partial charge in [-0.25, -0.2) is 13.4 Å². The van der Waals surface area contributed by atoms with E-state index in [-0.39, 0.29) is 5.92 Å². The van der Waals surface area contributed by atoms with E-state index in [1.54, 1.807) is 28.8 Å². The molecule has 0 saturated carbocycles. The number of methoxy groups -OCH3 is 1. The minimum Gasteiger partial charge on any atom is -0.497 e. The molecule has 170 valence electrons. The summed E-state index contributed by atoms with van der Waals surface area (Å²) >= 11 is 1.57. The monoisotopic (exact) mass is 471 g/mol. The first kappa shape index (κ1) is 22.8.